The molecule has 134 valence electrons. The predicted octanol–water partition coefficient (Wildman–Crippen LogP) is 1.77. The van der Waals surface area contributed by atoms with Crippen molar-refractivity contribution in [2.45, 2.75) is 6.42 Å². The van der Waals surface area contributed by atoms with E-state index in [1.54, 1.807) is 11.4 Å². The number of rotatable bonds is 6. The second-order valence-corrected chi connectivity index (χ2v) is 6.26. The van der Waals surface area contributed by atoms with Crippen LogP contribution in [0.3, 0.4) is 0 Å². The smallest absolute Gasteiger partial charge is 0.273 e. The number of nitrogens with zero attached hydrogens (tertiary/aromatic N) is 3. The average molecular weight is 379 g/mol. The van der Waals surface area contributed by atoms with Crippen LogP contribution in [0.25, 0.3) is 0 Å². The van der Waals surface area contributed by atoms with E-state index in [4.69, 9.17) is 10.5 Å². The van der Waals surface area contributed by atoms with E-state index >= 15 is 0 Å². The molecule has 0 saturated carbocycles. The van der Waals surface area contributed by atoms with Gasteiger partial charge in [-0.3, -0.25) is 14.9 Å². The normalized spacial score (nSPS) is 10.0. The Morgan fingerprint density at radius 3 is 2.26 bits per heavy atom. The zero-order valence-corrected chi connectivity index (χ0v) is 14.7. The van der Waals surface area contributed by atoms with E-state index in [9.17, 15) is 9.59 Å². The molecule has 0 bridgehead atoms. The molecule has 0 fully saturated rings. The number of aromatic nitrogens is 3. The number of H-pyrrole nitrogens is 2. The Balaban J connectivity index is 1.49. The SMILES string of the molecule is N#Cc1ccc(C(=O)NCCc2csc(NC(=O)c3ccc(C#N)[nH]3)n2)[nH]1. The van der Waals surface area contributed by atoms with Gasteiger partial charge in [0.15, 0.2) is 5.13 Å². The lowest BCUT2D eigenvalue weighted by Gasteiger charge is -2.02. The second-order valence-electron chi connectivity index (χ2n) is 5.40. The Kier molecular flexibility index (Phi) is 5.30. The molecule has 3 rings (SSSR count). The molecule has 0 aliphatic heterocycles. The van der Waals surface area contributed by atoms with Gasteiger partial charge in [-0.2, -0.15) is 10.5 Å². The summed E-state index contributed by atoms with van der Waals surface area (Å²) >= 11 is 1.27. The number of hydrogen-bond donors (Lipinski definition) is 4. The van der Waals surface area contributed by atoms with E-state index < -0.39 is 0 Å². The van der Waals surface area contributed by atoms with Gasteiger partial charge in [0.25, 0.3) is 11.8 Å². The summed E-state index contributed by atoms with van der Waals surface area (Å²) in [7, 11) is 0. The molecular weight excluding hydrogens is 366 g/mol. The third-order valence-corrected chi connectivity index (χ3v) is 4.35. The molecule has 0 unspecified atom stereocenters. The van der Waals surface area contributed by atoms with Gasteiger partial charge in [-0.15, -0.1) is 11.3 Å². The first kappa shape index (κ1) is 17.9. The highest BCUT2D eigenvalue weighted by molar-refractivity contribution is 7.13. The second kappa shape index (κ2) is 7.99. The van der Waals surface area contributed by atoms with E-state index in [0.29, 0.717) is 35.2 Å². The van der Waals surface area contributed by atoms with Crippen molar-refractivity contribution in [2.75, 3.05) is 11.9 Å². The van der Waals surface area contributed by atoms with Gasteiger partial charge >= 0.3 is 0 Å². The molecule has 0 saturated heterocycles. The lowest BCUT2D eigenvalue weighted by atomic mass is 10.3. The molecule has 0 spiro atoms. The van der Waals surface area contributed by atoms with Gasteiger partial charge in [0.05, 0.1) is 5.69 Å². The van der Waals surface area contributed by atoms with Gasteiger partial charge in [0, 0.05) is 18.3 Å². The van der Waals surface area contributed by atoms with Crippen molar-refractivity contribution in [3.05, 3.63) is 58.1 Å². The highest BCUT2D eigenvalue weighted by Gasteiger charge is 2.12. The van der Waals surface area contributed by atoms with Crippen LogP contribution in [0.2, 0.25) is 0 Å². The molecule has 27 heavy (non-hydrogen) atoms. The highest BCUT2D eigenvalue weighted by Crippen LogP contribution is 2.16. The molecule has 9 nitrogen and oxygen atoms in total. The van der Waals surface area contributed by atoms with Crippen molar-refractivity contribution in [1.29, 1.82) is 10.5 Å². The van der Waals surface area contributed by atoms with Gasteiger partial charge < -0.3 is 15.3 Å². The molecule has 0 aliphatic carbocycles. The fourth-order valence-electron chi connectivity index (χ4n) is 2.23. The molecule has 4 N–H and O–H groups in total. The van der Waals surface area contributed by atoms with Crippen LogP contribution in [-0.4, -0.2) is 33.3 Å². The first-order chi connectivity index (χ1) is 13.1. The van der Waals surface area contributed by atoms with Gasteiger partial charge in [-0.1, -0.05) is 0 Å². The maximum atomic E-state index is 12.1. The van der Waals surface area contributed by atoms with Crippen LogP contribution in [-0.2, 0) is 6.42 Å². The molecule has 0 atom stereocenters. The fraction of sp³-hybridized carbons (Fsp3) is 0.118. The first-order valence-electron chi connectivity index (χ1n) is 7.81. The number of carbonyl (C=O) groups excluding carboxylic acids is 2. The van der Waals surface area contributed by atoms with Gasteiger partial charge in [0.1, 0.15) is 34.9 Å². The summed E-state index contributed by atoms with van der Waals surface area (Å²) in [6, 6.07) is 9.97. The molecule has 3 heterocycles. The summed E-state index contributed by atoms with van der Waals surface area (Å²) in [4.78, 5) is 33.7. The summed E-state index contributed by atoms with van der Waals surface area (Å²) in [6.07, 6.45) is 0.491. The number of hydrogen-bond acceptors (Lipinski definition) is 6. The fourth-order valence-corrected chi connectivity index (χ4v) is 2.97. The molecule has 0 aromatic carbocycles. The number of thiazole rings is 1. The van der Waals surface area contributed by atoms with E-state index in [-0.39, 0.29) is 17.5 Å². The number of nitriles is 2. The lowest BCUT2D eigenvalue weighted by Crippen LogP contribution is -2.26. The summed E-state index contributed by atoms with van der Waals surface area (Å²) in [6.45, 7) is 0.360. The average Bonchev–Trinajstić information content (AvgIpc) is 3.41. The lowest BCUT2D eigenvalue weighted by molar-refractivity contribution is 0.0949. The quantitative estimate of drug-likeness (QED) is 0.514. The summed E-state index contributed by atoms with van der Waals surface area (Å²) < 4.78 is 0. The van der Waals surface area contributed by atoms with Crippen molar-refractivity contribution in [2.24, 2.45) is 0 Å². The maximum Gasteiger partial charge on any atom is 0.273 e. The summed E-state index contributed by atoms with van der Waals surface area (Å²) in [5, 5.41) is 25.1. The maximum absolute atomic E-state index is 12.1. The molecule has 0 aliphatic rings. The van der Waals surface area contributed by atoms with Crippen LogP contribution in [0, 0.1) is 22.7 Å². The molecule has 3 aromatic heterocycles. The minimum absolute atomic E-state index is 0.276. The van der Waals surface area contributed by atoms with Crippen molar-refractivity contribution >= 4 is 28.3 Å². The minimum atomic E-state index is -0.384. The van der Waals surface area contributed by atoms with E-state index in [1.807, 2.05) is 12.1 Å². The highest BCUT2D eigenvalue weighted by atomic mass is 32.1. The molecule has 10 heteroatoms. The van der Waals surface area contributed by atoms with Gasteiger partial charge in [-0.25, -0.2) is 4.98 Å². The first-order valence-corrected chi connectivity index (χ1v) is 8.69. The van der Waals surface area contributed by atoms with Crippen LogP contribution >= 0.6 is 11.3 Å². The Labute approximate surface area is 157 Å². The van der Waals surface area contributed by atoms with Gasteiger partial charge in [0.2, 0.25) is 0 Å². The summed E-state index contributed by atoms with van der Waals surface area (Å²) in [5.74, 6) is -0.689. The Bertz CT molecular complexity index is 1060. The zero-order valence-electron chi connectivity index (χ0n) is 13.9. The predicted molar refractivity (Wildman–Crippen MR) is 97.1 cm³/mol. The molecule has 3 aromatic rings. The Morgan fingerprint density at radius 2 is 1.67 bits per heavy atom. The van der Waals surface area contributed by atoms with Crippen LogP contribution in [0.4, 0.5) is 5.13 Å². The molecular formula is C17H13N7O2S. The Hall–Kier alpha value is -3.89. The number of aromatic amines is 2. The topological polar surface area (TPSA) is 150 Å². The monoisotopic (exact) mass is 379 g/mol. The van der Waals surface area contributed by atoms with Crippen LogP contribution in [0.5, 0.6) is 0 Å². The Morgan fingerprint density at radius 1 is 1.04 bits per heavy atom. The van der Waals surface area contributed by atoms with Crippen molar-refractivity contribution in [3.8, 4) is 12.1 Å². The number of amides is 2. The van der Waals surface area contributed by atoms with Crippen LogP contribution in [0.15, 0.2) is 29.6 Å². The van der Waals surface area contributed by atoms with E-state index in [0.717, 1.165) is 5.69 Å². The zero-order chi connectivity index (χ0) is 19.2. The molecule has 0 radical (unpaired) electrons. The van der Waals surface area contributed by atoms with Crippen molar-refractivity contribution in [1.82, 2.24) is 20.3 Å². The van der Waals surface area contributed by atoms with E-state index in [2.05, 4.69) is 25.6 Å². The number of nitrogens with one attached hydrogen (secondary N) is 4. The molecule has 2 amide bonds. The third kappa shape index (κ3) is 4.39. The van der Waals surface area contributed by atoms with Gasteiger partial charge in [-0.05, 0) is 24.3 Å². The van der Waals surface area contributed by atoms with Crippen molar-refractivity contribution in [3.63, 3.8) is 0 Å². The third-order valence-electron chi connectivity index (χ3n) is 3.54. The van der Waals surface area contributed by atoms with Crippen LogP contribution in [0.1, 0.15) is 38.1 Å². The summed E-state index contributed by atoms with van der Waals surface area (Å²) in [5.41, 5.74) is 1.95. The number of carbonyl (C=O) groups is 2. The van der Waals surface area contributed by atoms with Crippen LogP contribution < -0.4 is 10.6 Å². The van der Waals surface area contributed by atoms with E-state index in [1.165, 1.54) is 29.5 Å². The largest absolute Gasteiger partial charge is 0.350 e. The standard InChI is InChI=1S/C17H13N7O2S/c18-7-10-1-3-13(21-10)15(25)20-6-5-12-9-27-17(23-12)24-16(26)14-4-2-11(8-19)22-14/h1-4,9,21-22H,5-6H2,(H,20,25)(H,23,24,26). The minimum Gasteiger partial charge on any atom is -0.350 e. The number of anilines is 1. The van der Waals surface area contributed by atoms with Crippen molar-refractivity contribution < 1.29 is 9.59 Å².